The van der Waals surface area contributed by atoms with Gasteiger partial charge in [0.2, 0.25) is 5.91 Å². The van der Waals surface area contributed by atoms with Gasteiger partial charge in [0.1, 0.15) is 0 Å². The number of amides is 1. The van der Waals surface area contributed by atoms with Gasteiger partial charge in [-0.25, -0.2) is 0 Å². The van der Waals surface area contributed by atoms with Gasteiger partial charge in [-0.15, -0.1) is 0 Å². The molecule has 0 aliphatic carbocycles. The largest absolute Gasteiger partial charge is 0.352 e. The van der Waals surface area contributed by atoms with Crippen molar-refractivity contribution in [3.05, 3.63) is 0 Å². The predicted molar refractivity (Wildman–Crippen MR) is 80.0 cm³/mol. The molecule has 106 valence electrons. The first-order valence-corrected chi connectivity index (χ1v) is 8.44. The number of hydrogen-bond donors (Lipinski definition) is 2. The maximum absolute atomic E-state index is 12.0. The summed E-state index contributed by atoms with van der Waals surface area (Å²) in [6.07, 6.45) is 4.60. The fraction of sp³-hybridized carbons (Fsp3) is 0.929. The Bertz CT molecular complexity index is 238. The second kappa shape index (κ2) is 8.81. The Kier molecular flexibility index (Phi) is 7.75. The molecule has 1 heterocycles. The van der Waals surface area contributed by atoms with E-state index in [1.54, 1.807) is 0 Å². The van der Waals surface area contributed by atoms with Crippen molar-refractivity contribution in [1.82, 2.24) is 10.6 Å². The van der Waals surface area contributed by atoms with E-state index < -0.39 is 0 Å². The van der Waals surface area contributed by atoms with Gasteiger partial charge in [0.05, 0.1) is 6.04 Å². The molecule has 0 saturated carbocycles. The molecule has 0 bridgehead atoms. The molecule has 18 heavy (non-hydrogen) atoms. The van der Waals surface area contributed by atoms with Crippen molar-refractivity contribution in [2.24, 2.45) is 5.92 Å². The van der Waals surface area contributed by atoms with Crippen LogP contribution in [0.3, 0.4) is 0 Å². The van der Waals surface area contributed by atoms with Crippen molar-refractivity contribution in [3.63, 3.8) is 0 Å². The standard InChI is InChI=1S/C14H28N2OS/c1-4-13(5-2)16-14(17)11(3)15-10-12-6-8-18-9-7-12/h11-13,15H,4-10H2,1-3H3,(H,16,17). The summed E-state index contributed by atoms with van der Waals surface area (Å²) in [6, 6.07) is 0.257. The third kappa shape index (κ3) is 5.61. The molecule has 0 aromatic heterocycles. The fourth-order valence-electron chi connectivity index (χ4n) is 2.21. The molecule has 0 radical (unpaired) electrons. The summed E-state index contributed by atoms with van der Waals surface area (Å²) in [7, 11) is 0. The summed E-state index contributed by atoms with van der Waals surface area (Å²) >= 11 is 2.05. The Hall–Kier alpha value is -0.220. The van der Waals surface area contributed by atoms with Crippen molar-refractivity contribution in [2.75, 3.05) is 18.1 Å². The number of carbonyl (C=O) groups is 1. The van der Waals surface area contributed by atoms with Crippen molar-refractivity contribution >= 4 is 17.7 Å². The monoisotopic (exact) mass is 272 g/mol. The lowest BCUT2D eigenvalue weighted by molar-refractivity contribution is -0.123. The molecule has 1 fully saturated rings. The van der Waals surface area contributed by atoms with E-state index in [1.807, 2.05) is 18.7 Å². The van der Waals surface area contributed by atoms with Gasteiger partial charge in [-0.1, -0.05) is 13.8 Å². The molecule has 1 aliphatic heterocycles. The van der Waals surface area contributed by atoms with Crippen LogP contribution in [0, 0.1) is 5.92 Å². The number of thioether (sulfide) groups is 1. The lowest BCUT2D eigenvalue weighted by atomic mass is 10.0. The maximum Gasteiger partial charge on any atom is 0.237 e. The zero-order chi connectivity index (χ0) is 13.4. The van der Waals surface area contributed by atoms with Gasteiger partial charge in [0.25, 0.3) is 0 Å². The van der Waals surface area contributed by atoms with Gasteiger partial charge in [0.15, 0.2) is 0 Å². The van der Waals surface area contributed by atoms with Crippen LogP contribution >= 0.6 is 11.8 Å². The molecule has 1 rings (SSSR count). The summed E-state index contributed by atoms with van der Waals surface area (Å²) in [5, 5.41) is 6.48. The second-order valence-corrected chi connectivity index (χ2v) is 6.43. The van der Waals surface area contributed by atoms with Gasteiger partial charge in [-0.05, 0) is 56.6 Å². The van der Waals surface area contributed by atoms with E-state index >= 15 is 0 Å². The Morgan fingerprint density at radius 3 is 2.44 bits per heavy atom. The molecular weight excluding hydrogens is 244 g/mol. The van der Waals surface area contributed by atoms with Crippen molar-refractivity contribution in [3.8, 4) is 0 Å². The van der Waals surface area contributed by atoms with Gasteiger partial charge in [0, 0.05) is 6.04 Å². The van der Waals surface area contributed by atoms with Crippen molar-refractivity contribution < 1.29 is 4.79 Å². The van der Waals surface area contributed by atoms with Crippen LogP contribution in [-0.4, -0.2) is 36.0 Å². The highest BCUT2D eigenvalue weighted by atomic mass is 32.2. The topological polar surface area (TPSA) is 41.1 Å². The summed E-state index contributed by atoms with van der Waals surface area (Å²) in [5.74, 6) is 3.46. The zero-order valence-electron chi connectivity index (χ0n) is 12.0. The van der Waals surface area contributed by atoms with E-state index in [2.05, 4.69) is 24.5 Å². The molecule has 0 aromatic carbocycles. The Morgan fingerprint density at radius 1 is 1.28 bits per heavy atom. The lowest BCUT2D eigenvalue weighted by Crippen LogP contribution is -2.47. The van der Waals surface area contributed by atoms with E-state index in [9.17, 15) is 4.79 Å². The van der Waals surface area contributed by atoms with Crippen LogP contribution in [0.5, 0.6) is 0 Å². The lowest BCUT2D eigenvalue weighted by Gasteiger charge is -2.24. The zero-order valence-corrected chi connectivity index (χ0v) is 12.8. The average molecular weight is 272 g/mol. The van der Waals surface area contributed by atoms with Gasteiger partial charge in [-0.2, -0.15) is 11.8 Å². The molecule has 4 heteroatoms. The molecule has 2 N–H and O–H groups in total. The van der Waals surface area contributed by atoms with E-state index in [0.29, 0.717) is 6.04 Å². The molecule has 0 spiro atoms. The normalized spacial score (nSPS) is 18.9. The molecule has 1 amide bonds. The first-order chi connectivity index (χ1) is 8.67. The minimum atomic E-state index is -0.0693. The molecule has 1 atom stereocenters. The smallest absolute Gasteiger partial charge is 0.237 e. The van der Waals surface area contributed by atoms with Crippen LogP contribution in [-0.2, 0) is 4.79 Å². The second-order valence-electron chi connectivity index (χ2n) is 5.21. The Balaban J connectivity index is 2.22. The summed E-state index contributed by atoms with van der Waals surface area (Å²) in [5.41, 5.74) is 0. The van der Waals surface area contributed by atoms with Crippen LogP contribution in [0.25, 0.3) is 0 Å². The van der Waals surface area contributed by atoms with Crippen LogP contribution in [0.1, 0.15) is 46.5 Å². The van der Waals surface area contributed by atoms with Gasteiger partial charge in [-0.3, -0.25) is 4.79 Å². The van der Waals surface area contributed by atoms with Crippen LogP contribution in [0.2, 0.25) is 0 Å². The van der Waals surface area contributed by atoms with Crippen molar-refractivity contribution in [1.29, 1.82) is 0 Å². The third-order valence-corrected chi connectivity index (χ3v) is 4.83. The number of nitrogens with one attached hydrogen (secondary N) is 2. The maximum atomic E-state index is 12.0. The molecular formula is C14H28N2OS. The SMILES string of the molecule is CCC(CC)NC(=O)C(C)NCC1CCSCC1. The Morgan fingerprint density at radius 2 is 1.89 bits per heavy atom. The van der Waals surface area contributed by atoms with E-state index in [4.69, 9.17) is 0 Å². The van der Waals surface area contributed by atoms with E-state index in [0.717, 1.165) is 25.3 Å². The predicted octanol–water partition coefficient (Wildman–Crippen LogP) is 2.41. The third-order valence-electron chi connectivity index (χ3n) is 3.78. The summed E-state index contributed by atoms with van der Waals surface area (Å²) in [6.45, 7) is 7.19. The minimum Gasteiger partial charge on any atom is -0.352 e. The highest BCUT2D eigenvalue weighted by molar-refractivity contribution is 7.99. The summed E-state index contributed by atoms with van der Waals surface area (Å²) in [4.78, 5) is 12.0. The first-order valence-electron chi connectivity index (χ1n) is 7.28. The number of hydrogen-bond acceptors (Lipinski definition) is 3. The number of rotatable bonds is 7. The summed E-state index contributed by atoms with van der Waals surface area (Å²) < 4.78 is 0. The minimum absolute atomic E-state index is 0.0693. The van der Waals surface area contributed by atoms with Gasteiger partial charge >= 0.3 is 0 Å². The molecule has 1 unspecified atom stereocenters. The van der Waals surface area contributed by atoms with Crippen molar-refractivity contribution in [2.45, 2.75) is 58.5 Å². The fourth-order valence-corrected chi connectivity index (χ4v) is 3.41. The number of carbonyl (C=O) groups excluding carboxylic acids is 1. The highest BCUT2D eigenvalue weighted by Crippen LogP contribution is 2.21. The van der Waals surface area contributed by atoms with E-state index in [1.165, 1.54) is 24.3 Å². The molecule has 3 nitrogen and oxygen atoms in total. The molecule has 1 aliphatic rings. The van der Waals surface area contributed by atoms with Gasteiger partial charge < -0.3 is 10.6 Å². The first kappa shape index (κ1) is 15.8. The quantitative estimate of drug-likeness (QED) is 0.748. The average Bonchev–Trinajstić information content (AvgIpc) is 2.42. The molecule has 0 aromatic rings. The Labute approximate surface area is 116 Å². The highest BCUT2D eigenvalue weighted by Gasteiger charge is 2.18. The molecule has 1 saturated heterocycles. The van der Waals surface area contributed by atoms with E-state index in [-0.39, 0.29) is 11.9 Å². The van der Waals surface area contributed by atoms with Crippen LogP contribution in [0.4, 0.5) is 0 Å². The van der Waals surface area contributed by atoms with Crippen LogP contribution in [0.15, 0.2) is 0 Å². The van der Waals surface area contributed by atoms with Crippen LogP contribution < -0.4 is 10.6 Å².